The van der Waals surface area contributed by atoms with E-state index in [1.807, 2.05) is 27.7 Å². The highest BCUT2D eigenvalue weighted by Gasteiger charge is 2.02. The SMILES string of the molecule is CC.CC.CC(=O)NCC(=O)N(C)C. The van der Waals surface area contributed by atoms with E-state index in [9.17, 15) is 9.59 Å². The summed E-state index contributed by atoms with van der Waals surface area (Å²) >= 11 is 0. The fourth-order valence-electron chi connectivity index (χ4n) is 0.358. The van der Waals surface area contributed by atoms with Crippen molar-refractivity contribution in [2.75, 3.05) is 20.6 Å². The van der Waals surface area contributed by atoms with E-state index in [2.05, 4.69) is 5.32 Å². The summed E-state index contributed by atoms with van der Waals surface area (Å²) in [5.41, 5.74) is 0. The van der Waals surface area contributed by atoms with Crippen LogP contribution in [0.4, 0.5) is 0 Å². The van der Waals surface area contributed by atoms with Crippen LogP contribution in [0, 0.1) is 0 Å². The first-order valence-corrected chi connectivity index (χ1v) is 4.98. The van der Waals surface area contributed by atoms with Gasteiger partial charge in [0.1, 0.15) is 0 Å². The first kappa shape index (κ1) is 18.7. The van der Waals surface area contributed by atoms with Gasteiger partial charge in [0.05, 0.1) is 6.54 Å². The number of likely N-dealkylation sites (N-methyl/N-ethyl adjacent to an activating group) is 1. The Morgan fingerprint density at radius 2 is 1.43 bits per heavy atom. The van der Waals surface area contributed by atoms with Crippen molar-refractivity contribution in [3.8, 4) is 0 Å². The summed E-state index contributed by atoms with van der Waals surface area (Å²) in [4.78, 5) is 22.5. The number of carbonyl (C=O) groups excluding carboxylic acids is 2. The van der Waals surface area contributed by atoms with Crippen LogP contribution < -0.4 is 5.32 Å². The van der Waals surface area contributed by atoms with Crippen LogP contribution in [0.3, 0.4) is 0 Å². The third-order valence-corrected chi connectivity index (χ3v) is 0.987. The molecule has 0 aromatic heterocycles. The molecule has 0 saturated heterocycles. The zero-order chi connectivity index (χ0) is 12.1. The molecule has 0 bridgehead atoms. The molecule has 0 aliphatic rings. The minimum Gasteiger partial charge on any atom is -0.347 e. The Morgan fingerprint density at radius 1 is 1.07 bits per heavy atom. The van der Waals surface area contributed by atoms with E-state index < -0.39 is 0 Å². The van der Waals surface area contributed by atoms with Crippen molar-refractivity contribution >= 4 is 11.8 Å². The maximum atomic E-state index is 10.8. The topological polar surface area (TPSA) is 49.4 Å². The van der Waals surface area contributed by atoms with Gasteiger partial charge in [-0.3, -0.25) is 9.59 Å². The van der Waals surface area contributed by atoms with Crippen LogP contribution in [0.5, 0.6) is 0 Å². The van der Waals surface area contributed by atoms with Gasteiger partial charge in [-0.05, 0) is 0 Å². The lowest BCUT2D eigenvalue weighted by Crippen LogP contribution is -2.35. The largest absolute Gasteiger partial charge is 0.347 e. The summed E-state index contributed by atoms with van der Waals surface area (Å²) in [6.45, 7) is 9.46. The highest BCUT2D eigenvalue weighted by molar-refractivity contribution is 5.83. The number of nitrogens with one attached hydrogen (secondary N) is 1. The van der Waals surface area contributed by atoms with Gasteiger partial charge in [-0.1, -0.05) is 27.7 Å². The normalized spacial score (nSPS) is 7.07. The molecule has 0 unspecified atom stereocenters. The quantitative estimate of drug-likeness (QED) is 0.736. The molecule has 0 radical (unpaired) electrons. The number of carbonyl (C=O) groups is 2. The second-order valence-corrected chi connectivity index (χ2v) is 2.20. The van der Waals surface area contributed by atoms with E-state index in [1.165, 1.54) is 11.8 Å². The number of hydrogen-bond acceptors (Lipinski definition) is 2. The maximum Gasteiger partial charge on any atom is 0.241 e. The van der Waals surface area contributed by atoms with E-state index in [1.54, 1.807) is 14.1 Å². The van der Waals surface area contributed by atoms with E-state index in [4.69, 9.17) is 0 Å². The molecule has 0 heterocycles. The minimum absolute atomic E-state index is 0.0856. The average Bonchev–Trinajstić information content (AvgIpc) is 2.20. The zero-order valence-electron chi connectivity index (χ0n) is 10.5. The second kappa shape index (κ2) is 14.5. The molecule has 0 aliphatic heterocycles. The van der Waals surface area contributed by atoms with E-state index in [0.29, 0.717) is 0 Å². The molecule has 0 aromatic rings. The molecule has 14 heavy (non-hydrogen) atoms. The molecule has 0 aliphatic carbocycles. The van der Waals surface area contributed by atoms with Crippen LogP contribution >= 0.6 is 0 Å². The van der Waals surface area contributed by atoms with Crippen LogP contribution in [0.1, 0.15) is 34.6 Å². The number of amides is 2. The smallest absolute Gasteiger partial charge is 0.241 e. The zero-order valence-corrected chi connectivity index (χ0v) is 10.5. The molecule has 2 amide bonds. The molecule has 4 nitrogen and oxygen atoms in total. The lowest BCUT2D eigenvalue weighted by Gasteiger charge is -2.09. The Labute approximate surface area is 87.7 Å². The first-order valence-electron chi connectivity index (χ1n) is 4.98. The summed E-state index contributed by atoms with van der Waals surface area (Å²) in [5.74, 6) is -0.287. The Morgan fingerprint density at radius 3 is 1.64 bits per heavy atom. The highest BCUT2D eigenvalue weighted by atomic mass is 16.2. The third-order valence-electron chi connectivity index (χ3n) is 0.987. The monoisotopic (exact) mass is 204 g/mol. The average molecular weight is 204 g/mol. The van der Waals surface area contributed by atoms with Crippen LogP contribution in [-0.2, 0) is 9.59 Å². The van der Waals surface area contributed by atoms with Crippen molar-refractivity contribution in [2.45, 2.75) is 34.6 Å². The van der Waals surface area contributed by atoms with Gasteiger partial charge in [-0.2, -0.15) is 0 Å². The Hall–Kier alpha value is -1.06. The van der Waals surface area contributed by atoms with Gasteiger partial charge in [0.2, 0.25) is 11.8 Å². The summed E-state index contributed by atoms with van der Waals surface area (Å²) in [7, 11) is 3.29. The van der Waals surface area contributed by atoms with Gasteiger partial charge < -0.3 is 10.2 Å². The molecule has 0 spiro atoms. The number of rotatable bonds is 2. The van der Waals surface area contributed by atoms with Crippen LogP contribution in [0.25, 0.3) is 0 Å². The fourth-order valence-corrected chi connectivity index (χ4v) is 0.358. The van der Waals surface area contributed by atoms with Crippen molar-refractivity contribution in [3.63, 3.8) is 0 Å². The molecule has 0 rings (SSSR count). The van der Waals surface area contributed by atoms with Crippen molar-refractivity contribution in [3.05, 3.63) is 0 Å². The maximum absolute atomic E-state index is 10.8. The number of nitrogens with zero attached hydrogens (tertiary/aromatic N) is 1. The molecule has 0 saturated carbocycles. The highest BCUT2D eigenvalue weighted by Crippen LogP contribution is 1.74. The summed E-state index contributed by atoms with van der Waals surface area (Å²) in [6, 6.07) is 0. The molecular weight excluding hydrogens is 180 g/mol. The van der Waals surface area contributed by atoms with Gasteiger partial charge in [0, 0.05) is 21.0 Å². The van der Waals surface area contributed by atoms with Crippen LogP contribution in [-0.4, -0.2) is 37.4 Å². The van der Waals surface area contributed by atoms with Gasteiger partial charge in [0.15, 0.2) is 0 Å². The van der Waals surface area contributed by atoms with Gasteiger partial charge in [-0.25, -0.2) is 0 Å². The first-order chi connectivity index (χ1) is 6.54. The second-order valence-electron chi connectivity index (χ2n) is 2.20. The number of hydrogen-bond donors (Lipinski definition) is 1. The van der Waals surface area contributed by atoms with Gasteiger partial charge in [-0.15, -0.1) is 0 Å². The van der Waals surface area contributed by atoms with Crippen molar-refractivity contribution in [1.82, 2.24) is 10.2 Å². The molecule has 1 N–H and O–H groups in total. The van der Waals surface area contributed by atoms with Gasteiger partial charge >= 0.3 is 0 Å². The summed E-state index contributed by atoms with van der Waals surface area (Å²) in [6.07, 6.45) is 0. The molecule has 86 valence electrons. The summed E-state index contributed by atoms with van der Waals surface area (Å²) < 4.78 is 0. The Kier molecular flexibility index (Phi) is 19.3. The molecular formula is C10H24N2O2. The predicted molar refractivity (Wildman–Crippen MR) is 60.1 cm³/mol. The van der Waals surface area contributed by atoms with Crippen LogP contribution in [0.15, 0.2) is 0 Å². The van der Waals surface area contributed by atoms with Crippen molar-refractivity contribution in [2.24, 2.45) is 0 Å². The predicted octanol–water partition coefficient (Wildman–Crippen LogP) is 1.26. The standard InChI is InChI=1S/C6H12N2O2.2C2H6/c1-5(9)7-4-6(10)8(2)3;2*1-2/h4H2,1-3H3,(H,7,9);2*1-2H3. The minimum atomic E-state index is -0.185. The lowest BCUT2D eigenvalue weighted by atomic mass is 10.5. The molecule has 0 aromatic carbocycles. The van der Waals surface area contributed by atoms with Crippen molar-refractivity contribution < 1.29 is 9.59 Å². The molecule has 0 atom stereocenters. The van der Waals surface area contributed by atoms with E-state index >= 15 is 0 Å². The fraction of sp³-hybridized carbons (Fsp3) is 0.800. The van der Waals surface area contributed by atoms with Crippen molar-refractivity contribution in [1.29, 1.82) is 0 Å². The van der Waals surface area contributed by atoms with Gasteiger partial charge in [0.25, 0.3) is 0 Å². The Balaban J connectivity index is -0.000000266. The molecule has 4 heteroatoms. The van der Waals surface area contributed by atoms with E-state index in [0.717, 1.165) is 0 Å². The van der Waals surface area contributed by atoms with E-state index in [-0.39, 0.29) is 18.4 Å². The van der Waals surface area contributed by atoms with Crippen LogP contribution in [0.2, 0.25) is 0 Å². The Bertz CT molecular complexity index is 145. The third kappa shape index (κ3) is 17.1. The summed E-state index contributed by atoms with van der Waals surface area (Å²) in [5, 5.41) is 2.40. The lowest BCUT2D eigenvalue weighted by molar-refractivity contribution is -0.130. The molecule has 0 fully saturated rings.